The number of anilines is 1. The molecule has 7 nitrogen and oxygen atoms in total. The summed E-state index contributed by atoms with van der Waals surface area (Å²) in [6.45, 7) is 3.57. The van der Waals surface area contributed by atoms with E-state index in [9.17, 15) is 4.79 Å². The second-order valence-corrected chi connectivity index (χ2v) is 7.00. The van der Waals surface area contributed by atoms with E-state index in [1.807, 2.05) is 24.0 Å². The van der Waals surface area contributed by atoms with E-state index in [0.717, 1.165) is 43.9 Å². The molecule has 0 unspecified atom stereocenters. The largest absolute Gasteiger partial charge is 0.361 e. The van der Waals surface area contributed by atoms with E-state index in [1.165, 1.54) is 0 Å². The number of rotatable bonds is 4. The lowest BCUT2D eigenvalue weighted by Crippen LogP contribution is -2.39. The smallest absolute Gasteiger partial charge is 0.276 e. The molecule has 3 atom stereocenters. The minimum Gasteiger partial charge on any atom is -0.361 e. The van der Waals surface area contributed by atoms with E-state index in [4.69, 9.17) is 4.52 Å². The monoisotopic (exact) mass is 341 g/mol. The van der Waals surface area contributed by atoms with Gasteiger partial charge in [0.15, 0.2) is 11.5 Å². The lowest BCUT2D eigenvalue weighted by Gasteiger charge is -2.30. The third-order valence-corrected chi connectivity index (χ3v) is 5.65. The van der Waals surface area contributed by atoms with Gasteiger partial charge in [0.1, 0.15) is 5.76 Å². The molecular weight excluding hydrogens is 318 g/mol. The highest BCUT2D eigenvalue weighted by Crippen LogP contribution is 2.41. The molecule has 0 aromatic carbocycles. The van der Waals surface area contributed by atoms with Crippen LogP contribution in [0, 0.1) is 11.8 Å². The predicted octanol–water partition coefficient (Wildman–Crippen LogP) is 2.01. The molecule has 25 heavy (non-hydrogen) atoms. The van der Waals surface area contributed by atoms with Gasteiger partial charge < -0.3 is 14.3 Å². The van der Waals surface area contributed by atoms with Gasteiger partial charge in [-0.25, -0.2) is 0 Å². The maximum absolute atomic E-state index is 12.7. The van der Waals surface area contributed by atoms with Crippen molar-refractivity contribution in [3.63, 3.8) is 0 Å². The van der Waals surface area contributed by atoms with Crippen molar-refractivity contribution in [3.8, 4) is 0 Å². The van der Waals surface area contributed by atoms with Crippen LogP contribution in [0.2, 0.25) is 0 Å². The van der Waals surface area contributed by atoms with Crippen LogP contribution < -0.4 is 4.90 Å². The molecular formula is C18H23N5O2. The van der Waals surface area contributed by atoms with Crippen LogP contribution in [0.25, 0.3) is 0 Å². The van der Waals surface area contributed by atoms with Crippen LogP contribution in [0.1, 0.15) is 36.0 Å². The van der Waals surface area contributed by atoms with Crippen LogP contribution in [-0.2, 0) is 6.42 Å². The molecule has 2 fully saturated rings. The van der Waals surface area contributed by atoms with Crippen LogP contribution in [0.15, 0.2) is 28.9 Å². The fraction of sp³-hybridized carbons (Fsp3) is 0.556. The van der Waals surface area contributed by atoms with Crippen molar-refractivity contribution in [3.05, 3.63) is 35.9 Å². The lowest BCUT2D eigenvalue weighted by atomic mass is 9.97. The third-order valence-electron chi connectivity index (χ3n) is 5.65. The molecule has 4 rings (SSSR count). The number of hydrogen-bond acceptors (Lipinski definition) is 6. The fourth-order valence-electron chi connectivity index (χ4n) is 4.28. The van der Waals surface area contributed by atoms with E-state index in [2.05, 4.69) is 27.3 Å². The lowest BCUT2D eigenvalue weighted by molar-refractivity contribution is 0.0769. The first-order valence-electron chi connectivity index (χ1n) is 8.92. The van der Waals surface area contributed by atoms with Crippen molar-refractivity contribution in [2.24, 2.45) is 11.8 Å². The van der Waals surface area contributed by atoms with Gasteiger partial charge in [0.25, 0.3) is 5.91 Å². The molecule has 1 aliphatic heterocycles. The molecule has 2 aromatic heterocycles. The van der Waals surface area contributed by atoms with Gasteiger partial charge in [0.2, 0.25) is 0 Å². The van der Waals surface area contributed by atoms with Crippen molar-refractivity contribution < 1.29 is 9.32 Å². The molecule has 132 valence electrons. The number of aromatic nitrogens is 3. The Hall–Kier alpha value is -2.44. The van der Waals surface area contributed by atoms with Gasteiger partial charge in [-0.15, -0.1) is 5.10 Å². The van der Waals surface area contributed by atoms with Crippen LogP contribution in [0.3, 0.4) is 0 Å². The summed E-state index contributed by atoms with van der Waals surface area (Å²) in [6, 6.07) is 6.05. The van der Waals surface area contributed by atoms with Gasteiger partial charge in [-0.2, -0.15) is 5.10 Å². The van der Waals surface area contributed by atoms with Gasteiger partial charge in [-0.05, 0) is 30.9 Å². The quantitative estimate of drug-likeness (QED) is 0.847. The molecule has 1 aliphatic carbocycles. The van der Waals surface area contributed by atoms with Gasteiger partial charge in [0.05, 0.1) is 0 Å². The van der Waals surface area contributed by atoms with E-state index in [1.54, 1.807) is 12.3 Å². The molecule has 1 saturated carbocycles. The maximum Gasteiger partial charge on any atom is 0.276 e. The number of fused-ring (bicyclic) bond motifs is 1. The predicted molar refractivity (Wildman–Crippen MR) is 92.2 cm³/mol. The van der Waals surface area contributed by atoms with Gasteiger partial charge >= 0.3 is 0 Å². The molecule has 1 amide bonds. The number of carbonyl (C=O) groups excluding carboxylic acids is 1. The highest BCUT2D eigenvalue weighted by Gasteiger charge is 2.46. The average Bonchev–Trinajstić information content (AvgIpc) is 3.36. The number of hydrogen-bond donors (Lipinski definition) is 0. The summed E-state index contributed by atoms with van der Waals surface area (Å²) < 4.78 is 5.18. The highest BCUT2D eigenvalue weighted by molar-refractivity contribution is 5.92. The molecule has 2 aliphatic rings. The van der Waals surface area contributed by atoms with E-state index < -0.39 is 0 Å². The third kappa shape index (κ3) is 2.88. The summed E-state index contributed by atoms with van der Waals surface area (Å²) in [5.41, 5.74) is 0.427. The Bertz CT molecular complexity index is 747. The second kappa shape index (κ2) is 6.46. The second-order valence-electron chi connectivity index (χ2n) is 7.00. The normalized spacial score (nSPS) is 25.2. The minimum atomic E-state index is -0.0150. The zero-order valence-corrected chi connectivity index (χ0v) is 14.6. The van der Waals surface area contributed by atoms with Crippen LogP contribution >= 0.6 is 0 Å². The van der Waals surface area contributed by atoms with E-state index in [0.29, 0.717) is 23.6 Å². The summed E-state index contributed by atoms with van der Waals surface area (Å²) >= 11 is 0. The molecule has 7 heteroatoms. The van der Waals surface area contributed by atoms with Crippen molar-refractivity contribution in [1.82, 2.24) is 20.3 Å². The number of nitrogens with zero attached hydrogens (tertiary/aromatic N) is 5. The van der Waals surface area contributed by atoms with Crippen molar-refractivity contribution in [2.75, 3.05) is 25.0 Å². The van der Waals surface area contributed by atoms with Gasteiger partial charge in [-0.3, -0.25) is 4.79 Å². The standard InChI is InChI=1S/C18H23N5O2/c1-3-13-9-15(21-25-13)18(24)23-10-12-6-7-16(14(12)11-23)22(2)17-5-4-8-19-20-17/h4-5,8-9,12,14,16H,3,6-7,10-11H2,1-2H3/t12-,14+,16-/m1/s1. The molecule has 3 heterocycles. The van der Waals surface area contributed by atoms with Crippen molar-refractivity contribution in [1.29, 1.82) is 0 Å². The molecule has 0 bridgehead atoms. The zero-order valence-electron chi connectivity index (χ0n) is 14.6. The average molecular weight is 341 g/mol. The van der Waals surface area contributed by atoms with Crippen LogP contribution in [-0.4, -0.2) is 52.3 Å². The number of likely N-dealkylation sites (tertiary alicyclic amines) is 1. The fourth-order valence-corrected chi connectivity index (χ4v) is 4.28. The zero-order chi connectivity index (χ0) is 17.4. The van der Waals surface area contributed by atoms with Crippen LogP contribution in [0.5, 0.6) is 0 Å². The highest BCUT2D eigenvalue weighted by atomic mass is 16.5. The molecule has 1 saturated heterocycles. The Balaban J connectivity index is 1.47. The summed E-state index contributed by atoms with van der Waals surface area (Å²) in [5, 5.41) is 12.1. The Kier molecular flexibility index (Phi) is 4.15. The minimum absolute atomic E-state index is 0.0150. The van der Waals surface area contributed by atoms with Crippen LogP contribution in [0.4, 0.5) is 5.82 Å². The molecule has 0 spiro atoms. The first-order valence-corrected chi connectivity index (χ1v) is 8.92. The Morgan fingerprint density at radius 1 is 1.40 bits per heavy atom. The van der Waals surface area contributed by atoms with E-state index >= 15 is 0 Å². The van der Waals surface area contributed by atoms with Gasteiger partial charge in [0, 0.05) is 50.8 Å². The van der Waals surface area contributed by atoms with Crippen molar-refractivity contribution in [2.45, 2.75) is 32.2 Å². The SMILES string of the molecule is CCc1cc(C(=O)N2C[C@H]3CC[C@@H](N(C)c4cccnn4)[C@H]3C2)no1. The topological polar surface area (TPSA) is 75.4 Å². The molecule has 0 radical (unpaired) electrons. The Morgan fingerprint density at radius 3 is 3.00 bits per heavy atom. The van der Waals surface area contributed by atoms with E-state index in [-0.39, 0.29) is 5.91 Å². The number of carbonyl (C=O) groups is 1. The first-order chi connectivity index (χ1) is 12.2. The summed E-state index contributed by atoms with van der Waals surface area (Å²) in [4.78, 5) is 16.9. The number of aryl methyl sites for hydroxylation is 1. The summed E-state index contributed by atoms with van der Waals surface area (Å²) in [5.74, 6) is 2.64. The summed E-state index contributed by atoms with van der Waals surface area (Å²) in [7, 11) is 2.08. The Morgan fingerprint density at radius 2 is 2.28 bits per heavy atom. The molecule has 0 N–H and O–H groups in total. The summed E-state index contributed by atoms with van der Waals surface area (Å²) in [6.07, 6.45) is 4.71. The number of amides is 1. The Labute approximate surface area is 147 Å². The molecule has 2 aromatic rings. The van der Waals surface area contributed by atoms with Crippen molar-refractivity contribution >= 4 is 11.7 Å². The first kappa shape index (κ1) is 16.1. The maximum atomic E-state index is 12.7. The van der Waals surface area contributed by atoms with Gasteiger partial charge in [-0.1, -0.05) is 12.1 Å².